The number of hydrogen-bond acceptors (Lipinski definition) is 5. The normalized spacial score (nSPS) is 12.3. The van der Waals surface area contributed by atoms with E-state index in [4.69, 9.17) is 8.83 Å². The fourth-order valence-corrected chi connectivity index (χ4v) is 2.87. The Morgan fingerprint density at radius 3 is 2.52 bits per heavy atom. The SMILES string of the molecule is O=C(NCc1ccco1)c1cc2ccc(O)cc2oc1=Nc1ccc(C(F)(F)F)cc1. The zero-order chi connectivity index (χ0) is 22.0. The molecule has 0 saturated heterocycles. The minimum Gasteiger partial charge on any atom is -0.508 e. The third kappa shape index (κ3) is 4.61. The standard InChI is InChI=1S/C22H15F3N2O4/c23-22(24,25)14-4-6-15(7-5-14)27-21-18(20(29)26-12-17-2-1-9-30-17)10-13-3-8-16(28)11-19(13)31-21/h1-11,28H,12H2,(H,26,29). The molecule has 0 aliphatic rings. The van der Waals surface area contributed by atoms with Gasteiger partial charge in [0, 0.05) is 11.5 Å². The fourth-order valence-electron chi connectivity index (χ4n) is 2.87. The lowest BCUT2D eigenvalue weighted by Gasteiger charge is -2.07. The number of fused-ring (bicyclic) bond motifs is 1. The molecule has 4 rings (SSSR count). The van der Waals surface area contributed by atoms with Crippen molar-refractivity contribution in [2.75, 3.05) is 0 Å². The van der Waals surface area contributed by atoms with Gasteiger partial charge in [-0.2, -0.15) is 13.2 Å². The number of amides is 1. The van der Waals surface area contributed by atoms with Crippen molar-refractivity contribution in [2.45, 2.75) is 12.7 Å². The molecule has 31 heavy (non-hydrogen) atoms. The van der Waals surface area contributed by atoms with Gasteiger partial charge in [-0.3, -0.25) is 4.79 Å². The van der Waals surface area contributed by atoms with E-state index in [2.05, 4.69) is 10.3 Å². The van der Waals surface area contributed by atoms with Crippen LogP contribution in [0.4, 0.5) is 18.9 Å². The summed E-state index contributed by atoms with van der Waals surface area (Å²) in [6.07, 6.45) is -3.00. The van der Waals surface area contributed by atoms with Crippen LogP contribution in [0, 0.1) is 0 Å². The van der Waals surface area contributed by atoms with Gasteiger partial charge in [0.25, 0.3) is 5.91 Å². The number of nitrogens with zero attached hydrogens (tertiary/aromatic N) is 1. The van der Waals surface area contributed by atoms with E-state index in [-0.39, 0.29) is 34.7 Å². The molecule has 0 aliphatic heterocycles. The molecule has 1 amide bonds. The van der Waals surface area contributed by atoms with Gasteiger partial charge in [-0.15, -0.1) is 0 Å². The van der Waals surface area contributed by atoms with Gasteiger partial charge in [0.05, 0.1) is 24.1 Å². The van der Waals surface area contributed by atoms with E-state index < -0.39 is 17.6 Å². The highest BCUT2D eigenvalue weighted by atomic mass is 19.4. The summed E-state index contributed by atoms with van der Waals surface area (Å²) in [7, 11) is 0. The van der Waals surface area contributed by atoms with Crippen LogP contribution in [0.2, 0.25) is 0 Å². The number of benzene rings is 2. The van der Waals surface area contributed by atoms with E-state index in [1.165, 1.54) is 36.6 Å². The Bertz CT molecular complexity index is 1290. The molecule has 0 aliphatic carbocycles. The van der Waals surface area contributed by atoms with Crippen LogP contribution in [-0.2, 0) is 12.7 Å². The maximum atomic E-state index is 12.8. The number of furan rings is 1. The van der Waals surface area contributed by atoms with Crippen molar-refractivity contribution < 1.29 is 31.9 Å². The van der Waals surface area contributed by atoms with Crippen molar-refractivity contribution in [3.63, 3.8) is 0 Å². The van der Waals surface area contributed by atoms with Gasteiger partial charge < -0.3 is 19.3 Å². The maximum Gasteiger partial charge on any atom is 0.416 e. The summed E-state index contributed by atoms with van der Waals surface area (Å²) in [5.41, 5.74) is -0.438. The molecule has 2 N–H and O–H groups in total. The molecule has 4 aromatic rings. The summed E-state index contributed by atoms with van der Waals surface area (Å²) < 4.78 is 49.3. The Morgan fingerprint density at radius 1 is 1.06 bits per heavy atom. The van der Waals surface area contributed by atoms with Crippen molar-refractivity contribution in [2.24, 2.45) is 4.99 Å². The van der Waals surface area contributed by atoms with Crippen molar-refractivity contribution in [3.05, 3.63) is 89.4 Å². The van der Waals surface area contributed by atoms with E-state index >= 15 is 0 Å². The average molecular weight is 428 g/mol. The van der Waals surface area contributed by atoms with E-state index in [1.54, 1.807) is 18.2 Å². The van der Waals surface area contributed by atoms with Gasteiger partial charge >= 0.3 is 6.18 Å². The molecule has 0 fully saturated rings. The lowest BCUT2D eigenvalue weighted by molar-refractivity contribution is -0.137. The third-order valence-electron chi connectivity index (χ3n) is 4.41. The third-order valence-corrected chi connectivity index (χ3v) is 4.41. The van der Waals surface area contributed by atoms with E-state index in [0.29, 0.717) is 11.1 Å². The van der Waals surface area contributed by atoms with E-state index in [9.17, 15) is 23.1 Å². The van der Waals surface area contributed by atoms with Gasteiger partial charge in [0.2, 0.25) is 5.55 Å². The van der Waals surface area contributed by atoms with Crippen LogP contribution in [0.5, 0.6) is 5.75 Å². The summed E-state index contributed by atoms with van der Waals surface area (Å²) in [6, 6.07) is 13.4. The summed E-state index contributed by atoms with van der Waals surface area (Å²) in [6.45, 7) is 0.124. The molecule has 0 unspecified atom stereocenters. The number of rotatable bonds is 4. The predicted molar refractivity (Wildman–Crippen MR) is 104 cm³/mol. The highest BCUT2D eigenvalue weighted by Gasteiger charge is 2.29. The number of carbonyl (C=O) groups excluding carboxylic acids is 1. The van der Waals surface area contributed by atoms with Crippen LogP contribution in [0.1, 0.15) is 21.7 Å². The lowest BCUT2D eigenvalue weighted by atomic mass is 10.1. The van der Waals surface area contributed by atoms with Crippen molar-refractivity contribution in [1.29, 1.82) is 0 Å². The number of halogens is 3. The number of hydrogen-bond donors (Lipinski definition) is 2. The van der Waals surface area contributed by atoms with Crippen molar-refractivity contribution >= 4 is 22.6 Å². The topological polar surface area (TPSA) is 88.0 Å². The molecule has 0 bridgehead atoms. The summed E-state index contributed by atoms with van der Waals surface area (Å²) >= 11 is 0. The number of aromatic hydroxyl groups is 1. The summed E-state index contributed by atoms with van der Waals surface area (Å²) in [5.74, 6) is -0.0234. The highest BCUT2D eigenvalue weighted by molar-refractivity contribution is 5.96. The Hall–Kier alpha value is -4.01. The minimum absolute atomic E-state index is 0.0493. The summed E-state index contributed by atoms with van der Waals surface area (Å²) in [4.78, 5) is 17.0. The van der Waals surface area contributed by atoms with Gasteiger partial charge in [0.1, 0.15) is 22.7 Å². The zero-order valence-corrected chi connectivity index (χ0v) is 15.8. The Morgan fingerprint density at radius 2 is 1.84 bits per heavy atom. The Kier molecular flexibility index (Phi) is 5.24. The maximum absolute atomic E-state index is 12.8. The van der Waals surface area contributed by atoms with Crippen molar-refractivity contribution in [1.82, 2.24) is 5.32 Å². The van der Waals surface area contributed by atoms with Crippen LogP contribution >= 0.6 is 0 Å². The number of nitrogens with one attached hydrogen (secondary N) is 1. The van der Waals surface area contributed by atoms with Gasteiger partial charge in [-0.25, -0.2) is 4.99 Å². The molecule has 0 saturated carbocycles. The average Bonchev–Trinajstić information content (AvgIpc) is 3.25. The Labute approximate surface area is 173 Å². The molecule has 0 spiro atoms. The van der Waals surface area contributed by atoms with Gasteiger partial charge in [-0.1, -0.05) is 0 Å². The van der Waals surface area contributed by atoms with Crippen LogP contribution in [0.15, 0.2) is 80.8 Å². The summed E-state index contributed by atoms with van der Waals surface area (Å²) in [5, 5.41) is 12.9. The quantitative estimate of drug-likeness (QED) is 0.483. The molecule has 2 aromatic carbocycles. The van der Waals surface area contributed by atoms with E-state index in [1.807, 2.05) is 0 Å². The number of alkyl halides is 3. The molecular formula is C22H15F3N2O4. The van der Waals surface area contributed by atoms with Crippen LogP contribution in [0.25, 0.3) is 11.0 Å². The number of carbonyl (C=O) groups is 1. The van der Waals surface area contributed by atoms with Gasteiger partial charge in [-0.05, 0) is 54.6 Å². The van der Waals surface area contributed by atoms with Crippen LogP contribution < -0.4 is 10.9 Å². The number of phenolic OH excluding ortho intramolecular Hbond substituents is 1. The first-order chi connectivity index (χ1) is 14.8. The van der Waals surface area contributed by atoms with E-state index in [0.717, 1.165) is 12.1 Å². The molecule has 0 atom stereocenters. The predicted octanol–water partition coefficient (Wildman–Crippen LogP) is 4.91. The number of phenols is 1. The largest absolute Gasteiger partial charge is 0.508 e. The molecule has 158 valence electrons. The highest BCUT2D eigenvalue weighted by Crippen LogP contribution is 2.30. The second kappa shape index (κ2) is 8.02. The monoisotopic (exact) mass is 428 g/mol. The molecule has 6 nitrogen and oxygen atoms in total. The zero-order valence-electron chi connectivity index (χ0n) is 15.8. The van der Waals surface area contributed by atoms with Gasteiger partial charge in [0.15, 0.2) is 0 Å². The smallest absolute Gasteiger partial charge is 0.416 e. The molecule has 9 heteroatoms. The minimum atomic E-state index is -4.47. The molecule has 2 aromatic heterocycles. The molecule has 2 heterocycles. The van der Waals surface area contributed by atoms with Crippen LogP contribution in [0.3, 0.4) is 0 Å². The Balaban J connectivity index is 1.76. The first-order valence-electron chi connectivity index (χ1n) is 9.09. The lowest BCUT2D eigenvalue weighted by Crippen LogP contribution is -2.28. The molecular weight excluding hydrogens is 413 g/mol. The second-order valence-electron chi connectivity index (χ2n) is 6.61. The van der Waals surface area contributed by atoms with Crippen molar-refractivity contribution in [3.8, 4) is 5.75 Å². The fraction of sp³-hybridized carbons (Fsp3) is 0.0909. The second-order valence-corrected chi connectivity index (χ2v) is 6.61. The first-order valence-corrected chi connectivity index (χ1v) is 9.09. The first kappa shape index (κ1) is 20.3. The molecule has 0 radical (unpaired) electrons. The van der Waals surface area contributed by atoms with Crippen LogP contribution in [-0.4, -0.2) is 11.0 Å².